The van der Waals surface area contributed by atoms with Gasteiger partial charge in [-0.15, -0.1) is 0 Å². The quantitative estimate of drug-likeness (QED) is 0.810. The van der Waals surface area contributed by atoms with Gasteiger partial charge >= 0.3 is 5.97 Å². The maximum absolute atomic E-state index is 11.9. The third kappa shape index (κ3) is 3.77. The van der Waals surface area contributed by atoms with Crippen molar-refractivity contribution in [2.45, 2.75) is 6.92 Å². The van der Waals surface area contributed by atoms with Crippen molar-refractivity contribution in [1.82, 2.24) is 4.37 Å². The number of nitrogens with zero attached hydrogens (tertiary/aromatic N) is 1. The summed E-state index contributed by atoms with van der Waals surface area (Å²) >= 11 is 4.33. The lowest BCUT2D eigenvalue weighted by Gasteiger charge is -2.00. The van der Waals surface area contributed by atoms with Gasteiger partial charge in [-0.1, -0.05) is 34.1 Å². The molecule has 5 nitrogen and oxygen atoms in total. The number of anilines is 1. The average molecular weight is 367 g/mol. The van der Waals surface area contributed by atoms with Gasteiger partial charge < -0.3 is 10.4 Å². The van der Waals surface area contributed by atoms with Crippen molar-refractivity contribution in [3.8, 4) is 0 Å². The second-order valence-electron chi connectivity index (χ2n) is 4.12. The lowest BCUT2D eigenvalue weighted by Crippen LogP contribution is -2.10. The highest BCUT2D eigenvalue weighted by Gasteiger charge is 2.18. The zero-order chi connectivity index (χ0) is 15.4. The van der Waals surface area contributed by atoms with Crippen molar-refractivity contribution in [3.05, 3.63) is 51.6 Å². The summed E-state index contributed by atoms with van der Waals surface area (Å²) < 4.78 is 4.81. The predicted octanol–water partition coefficient (Wildman–Crippen LogP) is 3.56. The molecule has 2 rings (SSSR count). The van der Waals surface area contributed by atoms with E-state index in [4.69, 9.17) is 5.11 Å². The third-order valence-electron chi connectivity index (χ3n) is 2.63. The van der Waals surface area contributed by atoms with Gasteiger partial charge in [0.25, 0.3) is 0 Å². The fourth-order valence-corrected chi connectivity index (χ4v) is 2.85. The van der Waals surface area contributed by atoms with Gasteiger partial charge in [0, 0.05) is 10.5 Å². The van der Waals surface area contributed by atoms with Crippen LogP contribution in [0.15, 0.2) is 34.8 Å². The third-order valence-corrected chi connectivity index (χ3v) is 4.21. The van der Waals surface area contributed by atoms with Gasteiger partial charge in [-0.25, -0.2) is 4.79 Å². The summed E-state index contributed by atoms with van der Waals surface area (Å²) in [4.78, 5) is 23.0. The van der Waals surface area contributed by atoms with Crippen LogP contribution in [-0.2, 0) is 4.79 Å². The van der Waals surface area contributed by atoms with Gasteiger partial charge in [-0.3, -0.25) is 4.79 Å². The van der Waals surface area contributed by atoms with E-state index in [2.05, 4.69) is 25.6 Å². The second-order valence-corrected chi connectivity index (χ2v) is 5.75. The molecule has 0 fully saturated rings. The van der Waals surface area contributed by atoms with E-state index in [1.165, 1.54) is 6.08 Å². The SMILES string of the molecule is Cc1nsc(NC(=O)/C=C/c2ccccc2Br)c1C(=O)O. The van der Waals surface area contributed by atoms with E-state index in [-0.39, 0.29) is 10.6 Å². The standard InChI is InChI=1S/C14H11BrN2O3S/c1-8-12(14(19)20)13(21-17-8)16-11(18)7-6-9-4-2-3-5-10(9)15/h2-7H,1H3,(H,16,18)(H,19,20)/b7-6+. The number of amides is 1. The van der Waals surface area contributed by atoms with E-state index in [0.29, 0.717) is 5.69 Å². The van der Waals surface area contributed by atoms with Crippen LogP contribution in [-0.4, -0.2) is 21.4 Å². The zero-order valence-electron chi connectivity index (χ0n) is 11.0. The Labute approximate surface area is 133 Å². The first-order valence-electron chi connectivity index (χ1n) is 5.92. The first-order chi connectivity index (χ1) is 9.99. The van der Waals surface area contributed by atoms with E-state index < -0.39 is 11.9 Å². The molecule has 2 aromatic rings. The first kappa shape index (κ1) is 15.4. The van der Waals surface area contributed by atoms with Gasteiger partial charge in [0.2, 0.25) is 5.91 Å². The highest BCUT2D eigenvalue weighted by molar-refractivity contribution is 9.10. The number of benzene rings is 1. The molecule has 108 valence electrons. The molecule has 0 atom stereocenters. The molecule has 1 heterocycles. The van der Waals surface area contributed by atoms with Crippen molar-refractivity contribution in [2.75, 3.05) is 5.32 Å². The lowest BCUT2D eigenvalue weighted by atomic mass is 10.2. The first-order valence-corrected chi connectivity index (χ1v) is 7.49. The number of aromatic carboxylic acids is 1. The molecule has 0 bridgehead atoms. The summed E-state index contributed by atoms with van der Waals surface area (Å²) in [6.45, 7) is 1.59. The van der Waals surface area contributed by atoms with Gasteiger partial charge in [-0.05, 0) is 36.2 Å². The second kappa shape index (κ2) is 6.64. The molecule has 0 saturated carbocycles. The largest absolute Gasteiger partial charge is 0.478 e. The molecule has 21 heavy (non-hydrogen) atoms. The van der Waals surface area contributed by atoms with E-state index in [0.717, 1.165) is 21.6 Å². The van der Waals surface area contributed by atoms with E-state index in [1.54, 1.807) is 13.0 Å². The Balaban J connectivity index is 2.13. The van der Waals surface area contributed by atoms with Crippen LogP contribution in [0, 0.1) is 6.92 Å². The molecular formula is C14H11BrN2O3S. The molecule has 0 radical (unpaired) electrons. The topological polar surface area (TPSA) is 79.3 Å². The fourth-order valence-electron chi connectivity index (χ4n) is 1.64. The predicted molar refractivity (Wildman–Crippen MR) is 85.6 cm³/mol. The molecule has 0 aliphatic carbocycles. The van der Waals surface area contributed by atoms with Crippen molar-refractivity contribution < 1.29 is 14.7 Å². The zero-order valence-corrected chi connectivity index (χ0v) is 13.4. The van der Waals surface area contributed by atoms with Crippen molar-refractivity contribution >= 4 is 50.4 Å². The number of carboxylic acids is 1. The highest BCUT2D eigenvalue weighted by atomic mass is 79.9. The van der Waals surface area contributed by atoms with Gasteiger partial charge in [0.05, 0.1) is 5.69 Å². The molecule has 0 aliphatic rings. The van der Waals surface area contributed by atoms with E-state index in [9.17, 15) is 9.59 Å². The Morgan fingerprint density at radius 3 is 2.76 bits per heavy atom. The highest BCUT2D eigenvalue weighted by Crippen LogP contribution is 2.24. The van der Waals surface area contributed by atoms with Crippen LogP contribution in [0.2, 0.25) is 0 Å². The smallest absolute Gasteiger partial charge is 0.340 e. The van der Waals surface area contributed by atoms with Crippen LogP contribution in [0.25, 0.3) is 6.08 Å². The number of hydrogen-bond donors (Lipinski definition) is 2. The Morgan fingerprint density at radius 1 is 1.38 bits per heavy atom. The molecule has 1 aromatic heterocycles. The minimum Gasteiger partial charge on any atom is -0.478 e. The summed E-state index contributed by atoms with van der Waals surface area (Å²) in [5.74, 6) is -1.51. The normalized spacial score (nSPS) is 10.8. The Bertz CT molecular complexity index is 725. The average Bonchev–Trinajstić information content (AvgIpc) is 2.79. The van der Waals surface area contributed by atoms with Gasteiger partial charge in [0.15, 0.2) is 0 Å². The summed E-state index contributed by atoms with van der Waals surface area (Å²) in [6.07, 6.45) is 2.99. The van der Waals surface area contributed by atoms with Gasteiger partial charge in [-0.2, -0.15) is 4.37 Å². The van der Waals surface area contributed by atoms with Crippen LogP contribution in [0.3, 0.4) is 0 Å². The van der Waals surface area contributed by atoms with Crippen LogP contribution >= 0.6 is 27.5 Å². The van der Waals surface area contributed by atoms with E-state index in [1.807, 2.05) is 24.3 Å². The summed E-state index contributed by atoms with van der Waals surface area (Å²) in [5, 5.41) is 11.9. The molecule has 0 aliphatic heterocycles. The van der Waals surface area contributed by atoms with Crippen LogP contribution in [0.4, 0.5) is 5.00 Å². The van der Waals surface area contributed by atoms with Crippen LogP contribution in [0.1, 0.15) is 21.6 Å². The maximum Gasteiger partial charge on any atom is 0.340 e. The molecule has 2 N–H and O–H groups in total. The van der Waals surface area contributed by atoms with Crippen molar-refractivity contribution in [3.63, 3.8) is 0 Å². The molecule has 0 unspecified atom stereocenters. The van der Waals surface area contributed by atoms with Crippen molar-refractivity contribution in [2.24, 2.45) is 0 Å². The number of aryl methyl sites for hydroxylation is 1. The van der Waals surface area contributed by atoms with Gasteiger partial charge in [0.1, 0.15) is 10.6 Å². The minimum absolute atomic E-state index is 0.0302. The molecule has 1 aromatic carbocycles. The number of carbonyl (C=O) groups is 2. The summed E-state index contributed by atoms with van der Waals surface area (Å²) in [5.41, 5.74) is 1.27. The molecule has 1 amide bonds. The maximum atomic E-state index is 11.9. The number of rotatable bonds is 4. The number of aromatic nitrogens is 1. The number of hydrogen-bond acceptors (Lipinski definition) is 4. The monoisotopic (exact) mass is 366 g/mol. The Hall–Kier alpha value is -1.99. The van der Waals surface area contributed by atoms with Crippen LogP contribution in [0.5, 0.6) is 0 Å². The minimum atomic E-state index is -1.11. The number of halogens is 1. The summed E-state index contributed by atoms with van der Waals surface area (Å²) in [6, 6.07) is 7.46. The molecule has 7 heteroatoms. The van der Waals surface area contributed by atoms with Crippen molar-refractivity contribution in [1.29, 1.82) is 0 Å². The Kier molecular flexibility index (Phi) is 4.87. The molecular weight excluding hydrogens is 356 g/mol. The fraction of sp³-hybridized carbons (Fsp3) is 0.0714. The molecule has 0 saturated heterocycles. The number of carboxylic acid groups (broad SMARTS) is 1. The molecule has 0 spiro atoms. The Morgan fingerprint density at radius 2 is 2.10 bits per heavy atom. The summed E-state index contributed by atoms with van der Waals surface area (Å²) in [7, 11) is 0. The van der Waals surface area contributed by atoms with E-state index >= 15 is 0 Å². The number of carbonyl (C=O) groups excluding carboxylic acids is 1. The lowest BCUT2D eigenvalue weighted by molar-refractivity contribution is -0.111. The van der Waals surface area contributed by atoms with Crippen LogP contribution < -0.4 is 5.32 Å². The number of nitrogens with one attached hydrogen (secondary N) is 1.